The second kappa shape index (κ2) is 64.7. The van der Waals surface area contributed by atoms with Gasteiger partial charge in [-0.15, -0.1) is 0 Å². The number of rotatable bonds is 42. The maximum Gasteiger partial charge on any atom is 0.311 e. The molecule has 120 heavy (non-hydrogen) atoms. The van der Waals surface area contributed by atoms with Crippen LogP contribution >= 0.6 is 0 Å². The number of esters is 6. The molecule has 6 fully saturated rings. The molecule has 6 aliphatic heterocycles. The monoisotopic (exact) mass is 1730 g/mol. The number of carbonyl (C=O) groups excluding carboxylic acids is 6. The maximum atomic E-state index is 12.2. The Morgan fingerprint density at radius 2 is 0.525 bits per heavy atom. The highest BCUT2D eigenvalue weighted by Crippen LogP contribution is 2.32. The van der Waals surface area contributed by atoms with Crippen LogP contribution in [0.25, 0.3) is 0 Å². The molecule has 0 amide bonds. The highest BCUT2D eigenvalue weighted by molar-refractivity contribution is 5.75. The van der Waals surface area contributed by atoms with Crippen LogP contribution < -0.4 is 0 Å². The van der Waals surface area contributed by atoms with E-state index in [0.717, 1.165) is 154 Å². The normalized spacial score (nSPS) is 30.5. The second-order valence-electron chi connectivity index (χ2n) is 33.2. The summed E-state index contributed by atoms with van der Waals surface area (Å²) in [5.41, 5.74) is 0. The molecule has 24 unspecified atom stereocenters. The van der Waals surface area contributed by atoms with Gasteiger partial charge >= 0.3 is 35.8 Å². The summed E-state index contributed by atoms with van der Waals surface area (Å²) in [4.78, 5) is 72.8. The van der Waals surface area contributed by atoms with Crippen molar-refractivity contribution in [3.63, 3.8) is 0 Å². The van der Waals surface area contributed by atoms with E-state index in [2.05, 4.69) is 0 Å². The Balaban J connectivity index is 0.000000720. The molecule has 0 aromatic carbocycles. The first-order valence-corrected chi connectivity index (χ1v) is 45.4. The Hall–Kier alpha value is -3.98. The minimum Gasteiger partial charge on any atom is -0.463 e. The third-order valence-electron chi connectivity index (χ3n) is 22.2. The topological polar surface area (TPSA) is 496 Å². The van der Waals surface area contributed by atoms with Crippen LogP contribution in [0.5, 0.6) is 0 Å². The second-order valence-corrected chi connectivity index (χ2v) is 33.2. The van der Waals surface area contributed by atoms with E-state index in [1.807, 2.05) is 111 Å². The van der Waals surface area contributed by atoms with E-state index in [1.165, 1.54) is 0 Å². The first kappa shape index (κ1) is 114. The van der Waals surface area contributed by atoms with Crippen LogP contribution in [0.4, 0.5) is 0 Å². The third-order valence-corrected chi connectivity index (χ3v) is 22.2. The molecule has 0 aliphatic carbocycles. The van der Waals surface area contributed by atoms with E-state index in [-0.39, 0.29) is 142 Å². The Kier molecular flexibility index (Phi) is 61.5. The minimum absolute atomic E-state index is 0.0222. The summed E-state index contributed by atoms with van der Waals surface area (Å²) in [5, 5.41) is 134. The van der Waals surface area contributed by atoms with Crippen molar-refractivity contribution in [2.45, 2.75) is 450 Å². The number of hydrogen-bond donors (Lipinski definition) is 14. The van der Waals surface area contributed by atoms with Gasteiger partial charge in [0.05, 0.1) is 117 Å². The van der Waals surface area contributed by atoms with Crippen molar-refractivity contribution in [1.82, 2.24) is 0 Å². The molecular weight excluding hydrogens is 1570 g/mol. The van der Waals surface area contributed by atoms with Gasteiger partial charge < -0.3 is 128 Å². The molecule has 14 N–H and O–H groups in total. The number of hydrogen-bond acceptors (Lipinski definition) is 32. The van der Waals surface area contributed by atoms with Crippen molar-refractivity contribution in [2.24, 2.45) is 35.5 Å². The molecule has 6 heterocycles. The summed E-state index contributed by atoms with van der Waals surface area (Å²) >= 11 is 0. The lowest BCUT2D eigenvalue weighted by atomic mass is 9.96. The molecule has 708 valence electrons. The third kappa shape index (κ3) is 41.6. The Morgan fingerprint density at radius 3 is 0.825 bits per heavy atom. The first-order valence-electron chi connectivity index (χ1n) is 45.4. The summed E-state index contributed by atoms with van der Waals surface area (Å²) in [5.74, 6) is -2.42. The molecule has 6 aliphatic rings. The highest BCUT2D eigenvalue weighted by Gasteiger charge is 2.45. The van der Waals surface area contributed by atoms with E-state index in [9.17, 15) is 95.2 Å². The van der Waals surface area contributed by atoms with Crippen molar-refractivity contribution < 1.29 is 157 Å². The smallest absolute Gasteiger partial charge is 0.311 e. The molecule has 6 rings (SSSR count). The average molecular weight is 1730 g/mol. The van der Waals surface area contributed by atoms with E-state index >= 15 is 0 Å². The van der Waals surface area contributed by atoms with Crippen molar-refractivity contribution in [3.05, 3.63) is 0 Å². The Labute approximate surface area is 715 Å². The fourth-order valence-electron chi connectivity index (χ4n) is 15.9. The van der Waals surface area contributed by atoms with Crippen LogP contribution in [0, 0.1) is 35.5 Å². The van der Waals surface area contributed by atoms with Crippen molar-refractivity contribution >= 4 is 35.8 Å². The Morgan fingerprint density at radius 1 is 0.275 bits per heavy atom. The summed E-state index contributed by atoms with van der Waals surface area (Å²) in [6.45, 7) is 30.1. The predicted molar refractivity (Wildman–Crippen MR) is 444 cm³/mol. The summed E-state index contributed by atoms with van der Waals surface area (Å²) < 4.78 is 64.6. The van der Waals surface area contributed by atoms with Crippen LogP contribution in [0.1, 0.15) is 303 Å². The van der Waals surface area contributed by atoms with Gasteiger partial charge in [-0.05, 0) is 105 Å². The van der Waals surface area contributed by atoms with Gasteiger partial charge in [-0.25, -0.2) is 0 Å². The maximum absolute atomic E-state index is 12.2. The van der Waals surface area contributed by atoms with Gasteiger partial charge in [-0.2, -0.15) is 0 Å². The van der Waals surface area contributed by atoms with Crippen molar-refractivity contribution in [1.29, 1.82) is 0 Å². The fraction of sp³-hybridized carbons (Fsp3) is 0.932. The zero-order valence-electron chi connectivity index (χ0n) is 75.4. The van der Waals surface area contributed by atoms with Gasteiger partial charge in [0.25, 0.3) is 0 Å². The predicted octanol–water partition coefficient (Wildman–Crippen LogP) is 7.73. The molecule has 0 saturated carbocycles. The van der Waals surface area contributed by atoms with E-state index < -0.39 is 129 Å². The van der Waals surface area contributed by atoms with Gasteiger partial charge in [0.15, 0.2) is 18.5 Å². The number of aliphatic hydroxyl groups is 14. The summed E-state index contributed by atoms with van der Waals surface area (Å²) in [6.07, 6.45) is 4.60. The molecule has 0 bridgehead atoms. The van der Waals surface area contributed by atoms with Crippen molar-refractivity contribution in [3.8, 4) is 0 Å². The zero-order valence-corrected chi connectivity index (χ0v) is 75.4. The van der Waals surface area contributed by atoms with Gasteiger partial charge in [-0.1, -0.05) is 160 Å². The molecule has 24 atom stereocenters. The SMILES string of the molecule is CCCC(CCC)C(=O)OC1C(O)CC(C)OC1CO.CCCC(CCC)C(=O)OC1C(O)CC(C)OC1CO.CCCC(CCC)C(=O)OC1CC(C)OC(CO)C1O.CCCC(CCC)C(=O)OC1CC(C)OC(CO)C1O.CCCC(CCC)C(=O)OC1CC(O)C(O)C(CO)O1.CCCC(CCC)C(=O)OCC1OC(O)CC(O)C1O. The lowest BCUT2D eigenvalue weighted by Gasteiger charge is -2.37. The molecule has 6 saturated heterocycles. The molecule has 0 aromatic rings. The molecule has 0 spiro atoms. The fourth-order valence-corrected chi connectivity index (χ4v) is 15.9. The van der Waals surface area contributed by atoms with E-state index in [4.69, 9.17) is 61.9 Å². The molecule has 0 radical (unpaired) electrons. The molecule has 32 heteroatoms. The summed E-state index contributed by atoms with van der Waals surface area (Å²) in [6, 6.07) is 0. The minimum atomic E-state index is -1.16. The summed E-state index contributed by atoms with van der Waals surface area (Å²) in [7, 11) is 0. The quantitative estimate of drug-likeness (QED) is 0.0205. The number of aliphatic hydroxyl groups excluding tert-OH is 14. The van der Waals surface area contributed by atoms with Crippen molar-refractivity contribution in [2.75, 3.05) is 39.6 Å². The molecular formula is C88H164O32. The standard InChI is InChI=1S/4C15H28O5.2C14H26O6/c2*1-4-6-11(7-5-2)15(18)20-12-8-10(3)19-13(9-16)14(12)17;2*1-4-6-11(7-5-2)15(18)20-14-12(17)8-10(3)19-13(14)9-16;1-3-5-9(6-4-2)14(18)19-8-11-13(17)10(15)7-12(16)20-11;1-3-5-9(6-4-2)14(18)20-12-7-10(16)13(17)11(8-15)19-12/h4*10-14,16-17H,4-9H2,1-3H3;2*9-13,15-17H,3-8H2,1-2H3. The number of ether oxygens (including phenoxy) is 12. The van der Waals surface area contributed by atoms with Gasteiger partial charge in [0.2, 0.25) is 6.29 Å². The van der Waals surface area contributed by atoms with Crippen LogP contribution in [0.15, 0.2) is 0 Å². The highest BCUT2D eigenvalue weighted by atomic mass is 16.7. The van der Waals surface area contributed by atoms with E-state index in [0.29, 0.717) is 25.7 Å². The lowest BCUT2D eigenvalue weighted by Crippen LogP contribution is -2.51. The van der Waals surface area contributed by atoms with Gasteiger partial charge in [0.1, 0.15) is 79.9 Å². The Bertz CT molecular complexity index is 2510. The largest absolute Gasteiger partial charge is 0.463 e. The zero-order chi connectivity index (χ0) is 90.7. The van der Waals surface area contributed by atoms with Crippen LogP contribution in [-0.2, 0) is 85.6 Å². The van der Waals surface area contributed by atoms with Crippen LogP contribution in [0.3, 0.4) is 0 Å². The van der Waals surface area contributed by atoms with E-state index in [1.54, 1.807) is 0 Å². The number of carbonyl (C=O) groups is 6. The lowest BCUT2D eigenvalue weighted by molar-refractivity contribution is -0.253. The van der Waals surface area contributed by atoms with Crippen LogP contribution in [0.2, 0.25) is 0 Å². The molecule has 32 nitrogen and oxygen atoms in total. The first-order chi connectivity index (χ1) is 57.1. The molecule has 0 aromatic heterocycles. The van der Waals surface area contributed by atoms with Gasteiger partial charge in [-0.3, -0.25) is 28.8 Å². The van der Waals surface area contributed by atoms with Crippen LogP contribution in [-0.4, -0.2) is 294 Å². The average Bonchev–Trinajstić information content (AvgIpc) is 0.809. The van der Waals surface area contributed by atoms with Gasteiger partial charge in [0, 0.05) is 38.5 Å².